The van der Waals surface area contributed by atoms with E-state index in [4.69, 9.17) is 0 Å². The molecule has 1 nitrogen and oxygen atoms in total. The number of nitrogens with zero attached hydrogens (tertiary/aromatic N) is 1. The average molecular weight is 277 g/mol. The van der Waals surface area contributed by atoms with Gasteiger partial charge in [0.2, 0.25) is 0 Å². The van der Waals surface area contributed by atoms with Crippen LogP contribution >= 0.6 is 0 Å². The molecular weight excluding hydrogens is 242 g/mol. The monoisotopic (exact) mass is 277 g/mol. The van der Waals surface area contributed by atoms with Crippen molar-refractivity contribution in [3.05, 3.63) is 23.4 Å². The van der Waals surface area contributed by atoms with Gasteiger partial charge in [0, 0.05) is 19.3 Å². The fraction of sp³-hybridized carbons (Fsp3) is 0.789. The summed E-state index contributed by atoms with van der Waals surface area (Å²) in [7, 11) is 2.28. The molecule has 0 aromatic rings. The normalized spacial score (nSPS) is 21.7. The van der Waals surface area contributed by atoms with Gasteiger partial charge in [-0.1, -0.05) is 46.8 Å². The van der Waals surface area contributed by atoms with E-state index in [1.807, 2.05) is 0 Å². The second-order valence-corrected chi connectivity index (χ2v) is 7.71. The Kier molecular flexibility index (Phi) is 6.36. The van der Waals surface area contributed by atoms with Gasteiger partial charge in [-0.05, 0) is 55.4 Å². The minimum absolute atomic E-state index is 0.310. The Balaban J connectivity index is 3.08. The minimum atomic E-state index is 0.310. The van der Waals surface area contributed by atoms with Gasteiger partial charge in [0.1, 0.15) is 0 Å². The van der Waals surface area contributed by atoms with E-state index < -0.39 is 0 Å². The molecule has 0 amide bonds. The van der Waals surface area contributed by atoms with E-state index in [9.17, 15) is 0 Å². The van der Waals surface area contributed by atoms with Crippen molar-refractivity contribution >= 4 is 0 Å². The number of hydrogen-bond acceptors (Lipinski definition) is 1. The molecule has 0 radical (unpaired) electrons. The lowest BCUT2D eigenvalue weighted by Crippen LogP contribution is -2.22. The standard InChI is InChI=1S/C19H35N/c1-8-10-17-18(14-16(4)13-15(2)3)20(7)12-9-11-19(17,5)6/h8,10,15-16H,9,11-14H2,1-7H3/b10-8-. The minimum Gasteiger partial charge on any atom is -0.378 e. The lowest BCUT2D eigenvalue weighted by molar-refractivity contribution is 0.352. The van der Waals surface area contributed by atoms with Gasteiger partial charge in [0.25, 0.3) is 0 Å². The molecule has 1 unspecified atom stereocenters. The van der Waals surface area contributed by atoms with Crippen molar-refractivity contribution in [1.29, 1.82) is 0 Å². The summed E-state index contributed by atoms with van der Waals surface area (Å²) in [5.41, 5.74) is 3.46. The lowest BCUT2D eigenvalue weighted by Gasteiger charge is -2.30. The Bertz CT molecular complexity index is 360. The predicted octanol–water partition coefficient (Wildman–Crippen LogP) is 5.64. The summed E-state index contributed by atoms with van der Waals surface area (Å²) in [5, 5.41) is 0. The van der Waals surface area contributed by atoms with Crippen molar-refractivity contribution in [1.82, 2.24) is 4.90 Å². The van der Waals surface area contributed by atoms with Gasteiger partial charge in [-0.25, -0.2) is 0 Å². The van der Waals surface area contributed by atoms with Gasteiger partial charge < -0.3 is 4.90 Å². The highest BCUT2D eigenvalue weighted by molar-refractivity contribution is 5.32. The van der Waals surface area contributed by atoms with Crippen molar-refractivity contribution in [2.24, 2.45) is 17.3 Å². The maximum atomic E-state index is 2.51. The Hall–Kier alpha value is -0.720. The summed E-state index contributed by atoms with van der Waals surface area (Å²) >= 11 is 0. The second kappa shape index (κ2) is 7.33. The molecule has 1 aliphatic heterocycles. The lowest BCUT2D eigenvalue weighted by atomic mass is 9.78. The molecule has 0 N–H and O–H groups in total. The first-order chi connectivity index (χ1) is 9.27. The molecule has 20 heavy (non-hydrogen) atoms. The molecule has 1 heterocycles. The van der Waals surface area contributed by atoms with E-state index in [2.05, 4.69) is 65.6 Å². The first kappa shape index (κ1) is 17.3. The quantitative estimate of drug-likeness (QED) is 0.628. The molecule has 0 spiro atoms. The summed E-state index contributed by atoms with van der Waals surface area (Å²) in [5.74, 6) is 1.56. The van der Waals surface area contributed by atoms with Crippen LogP contribution in [-0.2, 0) is 0 Å². The topological polar surface area (TPSA) is 3.24 Å². The molecule has 1 aliphatic rings. The van der Waals surface area contributed by atoms with Crippen molar-refractivity contribution in [3.63, 3.8) is 0 Å². The molecule has 0 aromatic heterocycles. The maximum absolute atomic E-state index is 2.51. The van der Waals surface area contributed by atoms with Gasteiger partial charge >= 0.3 is 0 Å². The van der Waals surface area contributed by atoms with Gasteiger partial charge in [-0.15, -0.1) is 0 Å². The third-order valence-corrected chi connectivity index (χ3v) is 4.55. The van der Waals surface area contributed by atoms with Crippen molar-refractivity contribution < 1.29 is 0 Å². The van der Waals surface area contributed by atoms with Crippen LogP contribution in [0, 0.1) is 17.3 Å². The Morgan fingerprint density at radius 2 is 1.90 bits per heavy atom. The van der Waals surface area contributed by atoms with Crippen molar-refractivity contribution in [3.8, 4) is 0 Å². The van der Waals surface area contributed by atoms with E-state index in [0.717, 1.165) is 11.8 Å². The van der Waals surface area contributed by atoms with Crippen molar-refractivity contribution in [2.75, 3.05) is 13.6 Å². The molecule has 0 saturated heterocycles. The zero-order valence-electron chi connectivity index (χ0n) is 14.8. The number of rotatable bonds is 5. The van der Waals surface area contributed by atoms with Crippen LogP contribution in [-0.4, -0.2) is 18.5 Å². The Morgan fingerprint density at radius 3 is 2.45 bits per heavy atom. The molecule has 1 rings (SSSR count). The highest BCUT2D eigenvalue weighted by atomic mass is 15.1. The summed E-state index contributed by atoms with van der Waals surface area (Å²) in [4.78, 5) is 2.51. The van der Waals surface area contributed by atoms with Crippen LogP contribution in [0.25, 0.3) is 0 Å². The highest BCUT2D eigenvalue weighted by Gasteiger charge is 2.29. The molecule has 116 valence electrons. The fourth-order valence-electron chi connectivity index (χ4n) is 3.60. The van der Waals surface area contributed by atoms with Gasteiger partial charge in [0.15, 0.2) is 0 Å². The van der Waals surface area contributed by atoms with Crippen LogP contribution in [0.5, 0.6) is 0 Å². The highest BCUT2D eigenvalue weighted by Crippen LogP contribution is 2.40. The largest absolute Gasteiger partial charge is 0.378 e. The maximum Gasteiger partial charge on any atom is 0.0172 e. The second-order valence-electron chi connectivity index (χ2n) is 7.71. The van der Waals surface area contributed by atoms with E-state index in [0.29, 0.717) is 5.41 Å². The molecule has 1 atom stereocenters. The molecular formula is C19H35N. The van der Waals surface area contributed by atoms with Gasteiger partial charge in [-0.3, -0.25) is 0 Å². The summed E-state index contributed by atoms with van der Waals surface area (Å²) in [6, 6.07) is 0. The third kappa shape index (κ3) is 4.68. The third-order valence-electron chi connectivity index (χ3n) is 4.55. The first-order valence-corrected chi connectivity index (χ1v) is 8.35. The van der Waals surface area contributed by atoms with E-state index >= 15 is 0 Å². The smallest absolute Gasteiger partial charge is 0.0172 e. The van der Waals surface area contributed by atoms with Crippen LogP contribution in [0.1, 0.15) is 67.2 Å². The molecule has 0 aromatic carbocycles. The van der Waals surface area contributed by atoms with Crippen LogP contribution in [0.4, 0.5) is 0 Å². The van der Waals surface area contributed by atoms with Gasteiger partial charge in [-0.2, -0.15) is 0 Å². The molecule has 0 fully saturated rings. The molecule has 0 bridgehead atoms. The summed E-state index contributed by atoms with van der Waals surface area (Å²) in [6.45, 7) is 15.2. The zero-order valence-corrected chi connectivity index (χ0v) is 14.8. The predicted molar refractivity (Wildman–Crippen MR) is 90.7 cm³/mol. The number of hydrogen-bond donors (Lipinski definition) is 0. The average Bonchev–Trinajstić information content (AvgIpc) is 2.40. The zero-order chi connectivity index (χ0) is 15.3. The molecule has 0 aliphatic carbocycles. The van der Waals surface area contributed by atoms with Crippen LogP contribution in [0.3, 0.4) is 0 Å². The summed E-state index contributed by atoms with van der Waals surface area (Å²) < 4.78 is 0. The molecule has 0 saturated carbocycles. The fourth-order valence-corrected chi connectivity index (χ4v) is 3.60. The Morgan fingerprint density at radius 1 is 1.25 bits per heavy atom. The first-order valence-electron chi connectivity index (χ1n) is 8.35. The van der Waals surface area contributed by atoms with Crippen molar-refractivity contribution in [2.45, 2.75) is 67.2 Å². The molecule has 1 heteroatoms. The van der Waals surface area contributed by atoms with Crippen LogP contribution in [0.2, 0.25) is 0 Å². The number of allylic oxidation sites excluding steroid dienone is 4. The van der Waals surface area contributed by atoms with Crippen LogP contribution < -0.4 is 0 Å². The van der Waals surface area contributed by atoms with E-state index in [1.165, 1.54) is 32.2 Å². The van der Waals surface area contributed by atoms with Gasteiger partial charge in [0.05, 0.1) is 0 Å². The summed E-state index contributed by atoms with van der Waals surface area (Å²) in [6.07, 6.45) is 9.70. The van der Waals surface area contributed by atoms with Crippen LogP contribution in [0.15, 0.2) is 23.4 Å². The van der Waals surface area contributed by atoms with E-state index in [-0.39, 0.29) is 0 Å². The van der Waals surface area contributed by atoms with E-state index in [1.54, 1.807) is 11.3 Å². The SMILES string of the molecule is C/C=C\C1=C(CC(C)CC(C)C)N(C)CCCC1(C)C. The Labute approximate surface area is 127 Å².